The Labute approximate surface area is 126 Å². The van der Waals surface area contributed by atoms with Gasteiger partial charge in [-0.1, -0.05) is 45.7 Å². The van der Waals surface area contributed by atoms with Crippen molar-refractivity contribution in [1.29, 1.82) is 0 Å². The largest absolute Gasteiger partial charge is 0.117 e. The third kappa shape index (κ3) is 3.74. The molecule has 0 spiro atoms. The van der Waals surface area contributed by atoms with Crippen LogP contribution in [0.5, 0.6) is 0 Å². The molecular weight excluding hydrogens is 331 g/mol. The first-order valence-electron chi connectivity index (χ1n) is 5.70. The van der Waals surface area contributed by atoms with E-state index < -0.39 is 0 Å². The second-order valence-electron chi connectivity index (χ2n) is 4.36. The van der Waals surface area contributed by atoms with Gasteiger partial charge in [-0.3, -0.25) is 0 Å². The highest BCUT2D eigenvalue weighted by Gasteiger charge is 2.10. The van der Waals surface area contributed by atoms with Crippen molar-refractivity contribution in [2.45, 2.75) is 18.7 Å². The lowest BCUT2D eigenvalue weighted by atomic mass is 10.0. The number of hydrogen-bond acceptors (Lipinski definition) is 0. The summed E-state index contributed by atoms with van der Waals surface area (Å²) < 4.78 is 1.06. The van der Waals surface area contributed by atoms with Crippen molar-refractivity contribution in [1.82, 2.24) is 0 Å². The number of alkyl halides is 1. The summed E-state index contributed by atoms with van der Waals surface area (Å²) >= 11 is 15.9. The average Bonchev–Trinajstić information content (AvgIpc) is 2.27. The first-order valence-corrected chi connectivity index (χ1v) is 7.31. The number of rotatable bonds is 3. The minimum absolute atomic E-state index is 0.0420. The minimum atomic E-state index is -0.0420. The Bertz CT molecular complexity index is 532. The molecule has 0 nitrogen and oxygen atoms in total. The molecule has 0 aliphatic carbocycles. The van der Waals surface area contributed by atoms with Gasteiger partial charge in [-0.15, -0.1) is 11.6 Å². The highest BCUT2D eigenvalue weighted by Crippen LogP contribution is 2.29. The molecule has 1 atom stereocenters. The summed E-state index contributed by atoms with van der Waals surface area (Å²) in [5.74, 6) is 0. The minimum Gasteiger partial charge on any atom is -0.117 e. The summed E-state index contributed by atoms with van der Waals surface area (Å²) in [5, 5.41) is 0.710. The standard InChI is InChI=1S/C15H13BrCl2/c1-10-5-12(9-13(16)6-10)15(18)8-11-3-2-4-14(17)7-11/h2-7,9,15H,8H2,1H3. The van der Waals surface area contributed by atoms with Gasteiger partial charge >= 0.3 is 0 Å². The maximum absolute atomic E-state index is 6.47. The fraction of sp³-hybridized carbons (Fsp3) is 0.200. The van der Waals surface area contributed by atoms with Crippen LogP contribution in [0.4, 0.5) is 0 Å². The first-order chi connectivity index (χ1) is 8.54. The van der Waals surface area contributed by atoms with Crippen LogP contribution < -0.4 is 0 Å². The van der Waals surface area contributed by atoms with Crippen molar-refractivity contribution < 1.29 is 0 Å². The Kier molecular flexibility index (Phi) is 4.71. The summed E-state index contributed by atoms with van der Waals surface area (Å²) in [7, 11) is 0. The predicted molar refractivity (Wildman–Crippen MR) is 82.6 cm³/mol. The third-order valence-electron chi connectivity index (χ3n) is 2.73. The van der Waals surface area contributed by atoms with Crippen molar-refractivity contribution in [2.75, 3.05) is 0 Å². The molecule has 2 aromatic rings. The molecule has 2 aromatic carbocycles. The van der Waals surface area contributed by atoms with Gasteiger partial charge in [0, 0.05) is 9.50 Å². The monoisotopic (exact) mass is 342 g/mol. The Balaban J connectivity index is 2.19. The average molecular weight is 344 g/mol. The van der Waals surface area contributed by atoms with Crippen LogP contribution in [-0.2, 0) is 6.42 Å². The Hall–Kier alpha value is -0.500. The quantitative estimate of drug-likeness (QED) is 0.605. The highest BCUT2D eigenvalue weighted by molar-refractivity contribution is 9.10. The van der Waals surface area contributed by atoms with E-state index in [1.165, 1.54) is 5.56 Å². The summed E-state index contributed by atoms with van der Waals surface area (Å²) in [5.41, 5.74) is 3.49. The molecule has 94 valence electrons. The van der Waals surface area contributed by atoms with Gasteiger partial charge in [-0.25, -0.2) is 0 Å². The molecule has 3 heteroatoms. The van der Waals surface area contributed by atoms with Crippen LogP contribution in [0.1, 0.15) is 22.1 Å². The zero-order valence-corrected chi connectivity index (χ0v) is 13.1. The van der Waals surface area contributed by atoms with E-state index >= 15 is 0 Å². The van der Waals surface area contributed by atoms with E-state index in [1.54, 1.807) is 0 Å². The van der Waals surface area contributed by atoms with Crippen molar-refractivity contribution in [3.05, 3.63) is 68.7 Å². The smallest absolute Gasteiger partial charge is 0.0626 e. The molecule has 0 bridgehead atoms. The van der Waals surface area contributed by atoms with E-state index in [0.29, 0.717) is 0 Å². The van der Waals surface area contributed by atoms with E-state index in [0.717, 1.165) is 27.0 Å². The first kappa shape index (κ1) is 13.9. The zero-order chi connectivity index (χ0) is 13.1. The topological polar surface area (TPSA) is 0 Å². The zero-order valence-electron chi connectivity index (χ0n) is 9.96. The van der Waals surface area contributed by atoms with Gasteiger partial charge < -0.3 is 0 Å². The summed E-state index contributed by atoms with van der Waals surface area (Å²) in [6.07, 6.45) is 0.776. The molecule has 0 aliphatic rings. The summed E-state index contributed by atoms with van der Waals surface area (Å²) in [6, 6.07) is 14.1. The number of hydrogen-bond donors (Lipinski definition) is 0. The summed E-state index contributed by atoms with van der Waals surface area (Å²) in [4.78, 5) is 0. The van der Waals surface area contributed by atoms with E-state index in [1.807, 2.05) is 24.3 Å². The van der Waals surface area contributed by atoms with Gasteiger partial charge in [-0.2, -0.15) is 0 Å². The molecular formula is C15H13BrCl2. The lowest BCUT2D eigenvalue weighted by Gasteiger charge is -2.12. The number of aryl methyl sites for hydroxylation is 1. The van der Waals surface area contributed by atoms with E-state index in [-0.39, 0.29) is 5.38 Å². The van der Waals surface area contributed by atoms with Crippen LogP contribution in [-0.4, -0.2) is 0 Å². The van der Waals surface area contributed by atoms with Gasteiger partial charge in [0.1, 0.15) is 0 Å². The van der Waals surface area contributed by atoms with Gasteiger partial charge in [-0.05, 0) is 54.3 Å². The second kappa shape index (κ2) is 6.10. The Morgan fingerprint density at radius 3 is 2.61 bits per heavy atom. The lowest BCUT2D eigenvalue weighted by molar-refractivity contribution is 0.917. The maximum atomic E-state index is 6.47. The molecule has 18 heavy (non-hydrogen) atoms. The fourth-order valence-corrected chi connectivity index (χ4v) is 3.08. The van der Waals surface area contributed by atoms with Crippen LogP contribution in [0.25, 0.3) is 0 Å². The van der Waals surface area contributed by atoms with Crippen LogP contribution >= 0.6 is 39.1 Å². The third-order valence-corrected chi connectivity index (χ3v) is 3.83. The Morgan fingerprint density at radius 2 is 1.94 bits per heavy atom. The van der Waals surface area contributed by atoms with Gasteiger partial charge in [0.05, 0.1) is 5.38 Å². The van der Waals surface area contributed by atoms with Crippen LogP contribution in [0.2, 0.25) is 5.02 Å². The van der Waals surface area contributed by atoms with E-state index in [2.05, 4.69) is 41.1 Å². The van der Waals surface area contributed by atoms with E-state index in [4.69, 9.17) is 23.2 Å². The van der Waals surface area contributed by atoms with Crippen molar-refractivity contribution >= 4 is 39.1 Å². The molecule has 0 aromatic heterocycles. The molecule has 0 fully saturated rings. The lowest BCUT2D eigenvalue weighted by Crippen LogP contribution is -1.96. The maximum Gasteiger partial charge on any atom is 0.0626 e. The predicted octanol–water partition coefficient (Wildman–Crippen LogP) is 5.93. The normalized spacial score (nSPS) is 12.4. The highest BCUT2D eigenvalue weighted by atomic mass is 79.9. The molecule has 0 saturated heterocycles. The summed E-state index contributed by atoms with van der Waals surface area (Å²) in [6.45, 7) is 2.07. The van der Waals surface area contributed by atoms with Crippen LogP contribution in [0, 0.1) is 6.92 Å². The van der Waals surface area contributed by atoms with E-state index in [9.17, 15) is 0 Å². The molecule has 0 radical (unpaired) electrons. The van der Waals surface area contributed by atoms with Crippen molar-refractivity contribution in [3.8, 4) is 0 Å². The Morgan fingerprint density at radius 1 is 1.17 bits per heavy atom. The van der Waals surface area contributed by atoms with Gasteiger partial charge in [0.25, 0.3) is 0 Å². The molecule has 1 unspecified atom stereocenters. The molecule has 0 amide bonds. The van der Waals surface area contributed by atoms with Crippen LogP contribution in [0.3, 0.4) is 0 Å². The SMILES string of the molecule is Cc1cc(Br)cc(C(Cl)Cc2cccc(Cl)c2)c1. The van der Waals surface area contributed by atoms with Crippen molar-refractivity contribution in [2.24, 2.45) is 0 Å². The molecule has 2 rings (SSSR count). The van der Waals surface area contributed by atoms with Gasteiger partial charge in [0.15, 0.2) is 0 Å². The van der Waals surface area contributed by atoms with Crippen LogP contribution in [0.15, 0.2) is 46.9 Å². The fourth-order valence-electron chi connectivity index (χ4n) is 1.93. The molecule has 0 aliphatic heterocycles. The van der Waals surface area contributed by atoms with Gasteiger partial charge in [0.2, 0.25) is 0 Å². The van der Waals surface area contributed by atoms with Crippen molar-refractivity contribution in [3.63, 3.8) is 0 Å². The molecule has 0 heterocycles. The second-order valence-corrected chi connectivity index (χ2v) is 6.24. The number of halogens is 3. The molecule has 0 N–H and O–H groups in total. The molecule has 0 saturated carbocycles. The number of benzene rings is 2.